The Bertz CT molecular complexity index is 2050. The summed E-state index contributed by atoms with van der Waals surface area (Å²) in [5.41, 5.74) is 0.00196. The molecule has 11 heteroatoms. The Morgan fingerprint density at radius 1 is 0.625 bits per heavy atom. The number of benzene rings is 2. The van der Waals surface area contributed by atoms with Crippen molar-refractivity contribution in [3.05, 3.63) is 71.8 Å². The van der Waals surface area contributed by atoms with E-state index in [0.29, 0.717) is 38.9 Å². The van der Waals surface area contributed by atoms with Crippen molar-refractivity contribution in [3.63, 3.8) is 0 Å². The van der Waals surface area contributed by atoms with Gasteiger partial charge in [-0.3, -0.25) is 14.4 Å². The van der Waals surface area contributed by atoms with Gasteiger partial charge in [0.2, 0.25) is 0 Å². The predicted molar refractivity (Wildman–Crippen MR) is 284 cm³/mol. The number of aliphatic hydroxyl groups is 3. The van der Waals surface area contributed by atoms with Gasteiger partial charge in [-0.15, -0.1) is 0 Å². The number of Topliss-reactive ketones (excluding diaryl/α,β-unsaturated/α-hetero) is 2. The van der Waals surface area contributed by atoms with Gasteiger partial charge in [-0.25, -0.2) is 0 Å². The molecule has 3 N–H and O–H groups in total. The number of carbonyl (C=O) groups excluding carboxylic acids is 3. The lowest BCUT2D eigenvalue weighted by molar-refractivity contribution is -0.231. The van der Waals surface area contributed by atoms with Crippen molar-refractivity contribution in [2.24, 2.45) is 68.0 Å². The molecule has 0 aliphatic heterocycles. The molecule has 6 fully saturated rings. The van der Waals surface area contributed by atoms with E-state index in [4.69, 9.17) is 23.7 Å². The molecule has 16 atom stereocenters. The van der Waals surface area contributed by atoms with Gasteiger partial charge in [-0.1, -0.05) is 138 Å². The number of hydrogen-bond donors (Lipinski definition) is 3. The first-order valence-electron chi connectivity index (χ1n) is 26.4. The molecule has 6 aliphatic carbocycles. The molecule has 0 amide bonds. The fourth-order valence-corrected chi connectivity index (χ4v) is 16.0. The third-order valence-corrected chi connectivity index (χ3v) is 20.4. The topological polar surface area (TPSA) is 158 Å². The normalized spacial score (nSPS) is 39.9. The quantitative estimate of drug-likeness (QED) is 0.0886. The van der Waals surface area contributed by atoms with Crippen LogP contribution in [0.2, 0.25) is 0 Å². The van der Waals surface area contributed by atoms with E-state index in [1.165, 1.54) is 6.92 Å². The Morgan fingerprint density at radius 2 is 1.01 bits per heavy atom. The second kappa shape index (κ2) is 24.8. The average molecular weight is 1010 g/mol. The summed E-state index contributed by atoms with van der Waals surface area (Å²) in [5.74, 6) is -0.101. The second-order valence-corrected chi connectivity index (χ2v) is 23.6. The molecule has 0 aromatic heterocycles. The molecule has 6 saturated carbocycles. The molecule has 0 saturated heterocycles. The maximum atomic E-state index is 13.5. The molecule has 2 aromatic rings. The fraction of sp³-hybridized carbons (Fsp3) is 0.754. The van der Waals surface area contributed by atoms with Crippen LogP contribution in [0.15, 0.2) is 60.7 Å². The van der Waals surface area contributed by atoms with Crippen LogP contribution in [0.4, 0.5) is 0 Å². The van der Waals surface area contributed by atoms with Gasteiger partial charge in [0.25, 0.3) is 0 Å². The minimum atomic E-state index is -0.696. The molecule has 4 unspecified atom stereocenters. The number of aliphatic hydroxyl groups excluding tert-OH is 3. The van der Waals surface area contributed by atoms with Gasteiger partial charge >= 0.3 is 5.97 Å². The molecule has 408 valence electrons. The largest absolute Gasteiger partial charge is 0.466 e. The van der Waals surface area contributed by atoms with Crippen molar-refractivity contribution >= 4 is 17.5 Å². The summed E-state index contributed by atoms with van der Waals surface area (Å²) in [6, 6.07) is 20.1. The first-order chi connectivity index (χ1) is 32.8. The van der Waals surface area contributed by atoms with Gasteiger partial charge in [-0.2, -0.15) is 0 Å². The zero-order valence-corrected chi connectivity index (χ0v) is 43.4. The van der Waals surface area contributed by atoms with E-state index in [9.17, 15) is 29.7 Å². The van der Waals surface area contributed by atoms with E-state index < -0.39 is 23.0 Å². The Hall–Kier alpha value is -3.03. The molecule has 0 radical (unpaired) electrons. The van der Waals surface area contributed by atoms with Gasteiger partial charge in [-0.05, 0) is 115 Å². The molecule has 6 aliphatic rings. The summed E-state index contributed by atoms with van der Waals surface area (Å²) in [6.07, 6.45) is 7.43. The maximum Gasteiger partial charge on any atom is 0.302 e. The van der Waals surface area contributed by atoms with Crippen LogP contribution in [0.5, 0.6) is 0 Å². The Kier molecular flexibility index (Phi) is 21.2. The van der Waals surface area contributed by atoms with Gasteiger partial charge in [0.15, 0.2) is 0 Å². The van der Waals surface area contributed by atoms with Crippen LogP contribution in [0.1, 0.15) is 173 Å². The Balaban J connectivity index is 0.000000301. The fourth-order valence-electron chi connectivity index (χ4n) is 16.0. The number of hydrogen-bond acceptors (Lipinski definition) is 11. The molecule has 11 nitrogen and oxygen atoms in total. The SMILES string of the molecule is C.C.C.CC[C@]1(C)C[C@@H](O)[C@@]2(C)C3C(=O)CC[C@@]3(CC[C@H]2CO)[C@@H](C)C1OCOCc1ccccc1.CC[C@]1(C)C[C@@H](O)[C@@]2(C)C3C(=O)CC[C@@]3(CC[C@H]2COC(C)=O)[C@@H](C)C1OCOCc1ccccc1. The first kappa shape index (κ1) is 61.5. The van der Waals surface area contributed by atoms with Gasteiger partial charge in [0.1, 0.15) is 25.2 Å². The standard InChI is InChI=1S/C30H44O6.C28H42O5.3CH4/c1-6-28(4)16-25(33)29(5)23(18-35-21(3)31)12-14-30(15-13-24(32)26(29)30)20(2)27(28)36-19-34-17-22-10-8-7-9-11-22;1-5-26(3)15-23(31)27(4)21(16-29)11-13-28(14-12-22(30)24(27)28)19(2)25(26)33-18-32-17-20-9-7-6-8-10-20;;;/h7-11,20,23,25-27,33H,6,12-19H2,1-5H3;6-10,19,21,23-25,29,31H,5,11-18H2,1-4H3;3*1H4/t20-,23-,25+,26?,27?,28+,29-,30-;19-,21-,23+,24?,25?,26+,27-,28-;;;/m00.../s1. The molecule has 0 heterocycles. The van der Waals surface area contributed by atoms with Crippen LogP contribution in [-0.2, 0) is 51.3 Å². The predicted octanol–water partition coefficient (Wildman–Crippen LogP) is 12.0. The number of rotatable bonds is 15. The number of esters is 1. The monoisotopic (exact) mass is 1010 g/mol. The summed E-state index contributed by atoms with van der Waals surface area (Å²) in [6.45, 7) is 20.5. The number of ether oxygens (including phenoxy) is 5. The zero-order valence-electron chi connectivity index (χ0n) is 43.4. The lowest BCUT2D eigenvalue weighted by Crippen LogP contribution is -2.64. The van der Waals surface area contributed by atoms with Crippen LogP contribution < -0.4 is 0 Å². The maximum absolute atomic E-state index is 13.5. The van der Waals surface area contributed by atoms with E-state index in [-0.39, 0.29) is 136 Å². The van der Waals surface area contributed by atoms with Crippen molar-refractivity contribution in [2.45, 2.75) is 199 Å². The first-order valence-corrected chi connectivity index (χ1v) is 26.4. The minimum absolute atomic E-state index is 0. The van der Waals surface area contributed by atoms with Gasteiger partial charge < -0.3 is 39.0 Å². The van der Waals surface area contributed by atoms with Crippen molar-refractivity contribution < 1.29 is 53.4 Å². The van der Waals surface area contributed by atoms with E-state index >= 15 is 0 Å². The summed E-state index contributed by atoms with van der Waals surface area (Å²) in [5, 5.41) is 33.8. The molecular formula is C61H98O11. The summed E-state index contributed by atoms with van der Waals surface area (Å²) in [7, 11) is 0. The Morgan fingerprint density at radius 3 is 1.39 bits per heavy atom. The summed E-state index contributed by atoms with van der Waals surface area (Å²) >= 11 is 0. The Labute approximate surface area is 435 Å². The molecule has 2 aromatic carbocycles. The average Bonchev–Trinajstić information content (AvgIpc) is 3.89. The second-order valence-electron chi connectivity index (χ2n) is 23.6. The van der Waals surface area contributed by atoms with Crippen LogP contribution in [0.25, 0.3) is 0 Å². The van der Waals surface area contributed by atoms with Crippen LogP contribution in [0.3, 0.4) is 0 Å². The highest BCUT2D eigenvalue weighted by Gasteiger charge is 2.70. The van der Waals surface area contributed by atoms with E-state index in [0.717, 1.165) is 62.5 Å². The molecule has 0 spiro atoms. The highest BCUT2D eigenvalue weighted by Crippen LogP contribution is 2.70. The molecule has 72 heavy (non-hydrogen) atoms. The summed E-state index contributed by atoms with van der Waals surface area (Å²) < 4.78 is 30.4. The van der Waals surface area contributed by atoms with Crippen molar-refractivity contribution in [2.75, 3.05) is 26.8 Å². The van der Waals surface area contributed by atoms with E-state index in [2.05, 4.69) is 55.4 Å². The van der Waals surface area contributed by atoms with E-state index in [1.807, 2.05) is 60.7 Å². The minimum Gasteiger partial charge on any atom is -0.466 e. The van der Waals surface area contributed by atoms with Gasteiger partial charge in [0.05, 0.1) is 44.2 Å². The zero-order chi connectivity index (χ0) is 50.0. The van der Waals surface area contributed by atoms with Crippen LogP contribution >= 0.6 is 0 Å². The summed E-state index contributed by atoms with van der Waals surface area (Å²) in [4.78, 5) is 38.5. The highest BCUT2D eigenvalue weighted by atomic mass is 16.7. The van der Waals surface area contributed by atoms with Crippen LogP contribution in [0, 0.1) is 68.0 Å². The van der Waals surface area contributed by atoms with Crippen molar-refractivity contribution in [3.8, 4) is 0 Å². The lowest BCUT2D eigenvalue weighted by atomic mass is 9.43. The lowest BCUT2D eigenvalue weighted by Gasteiger charge is -2.62. The molecular weight excluding hydrogens is 909 g/mol. The highest BCUT2D eigenvalue weighted by molar-refractivity contribution is 5.86. The molecule has 4 bridgehead atoms. The van der Waals surface area contributed by atoms with Crippen molar-refractivity contribution in [1.82, 2.24) is 0 Å². The number of ketones is 2. The van der Waals surface area contributed by atoms with E-state index in [1.54, 1.807) is 0 Å². The third kappa shape index (κ3) is 11.1. The van der Waals surface area contributed by atoms with Crippen molar-refractivity contribution in [1.29, 1.82) is 0 Å². The number of carbonyl (C=O) groups is 3. The van der Waals surface area contributed by atoms with Crippen LogP contribution in [-0.4, -0.2) is 84.1 Å². The molecule has 8 rings (SSSR count). The smallest absolute Gasteiger partial charge is 0.302 e. The van der Waals surface area contributed by atoms with Gasteiger partial charge in [0, 0.05) is 55.0 Å². The third-order valence-electron chi connectivity index (χ3n) is 20.4.